The lowest BCUT2D eigenvalue weighted by Crippen LogP contribution is -2.07. The van der Waals surface area contributed by atoms with E-state index in [1.54, 1.807) is 12.1 Å². The van der Waals surface area contributed by atoms with E-state index in [0.29, 0.717) is 10.2 Å². The number of fused-ring (bicyclic) bond motifs is 1. The van der Waals surface area contributed by atoms with Crippen LogP contribution in [-0.2, 0) is 4.79 Å². The fraction of sp³-hybridized carbons (Fsp3) is 0. The molecule has 0 radical (unpaired) electrons. The smallest absolute Gasteiger partial charge is 0.250 e. The Hall–Kier alpha value is -2.17. The van der Waals surface area contributed by atoms with E-state index in [1.807, 2.05) is 42.5 Å². The number of anilines is 1. The maximum Gasteiger partial charge on any atom is 0.250 e. The molecule has 0 fully saturated rings. The van der Waals surface area contributed by atoms with Gasteiger partial charge in [-0.1, -0.05) is 53.3 Å². The molecule has 21 heavy (non-hydrogen) atoms. The standard InChI is InChI=1S/C16H11ClN2OS/c17-12-6-2-1-5-11(12)9-10-15(20)19-16-18-13-7-3-4-8-14(13)21-16/h1-10H,(H,18,19,20). The summed E-state index contributed by atoms with van der Waals surface area (Å²) in [5.41, 5.74) is 1.69. The van der Waals surface area contributed by atoms with Gasteiger partial charge in [-0.05, 0) is 29.8 Å². The monoisotopic (exact) mass is 314 g/mol. The minimum absolute atomic E-state index is 0.228. The van der Waals surface area contributed by atoms with Crippen LogP contribution >= 0.6 is 22.9 Å². The SMILES string of the molecule is O=C(C=Cc1ccccc1Cl)Nc1nc2ccccc2s1. The summed E-state index contributed by atoms with van der Waals surface area (Å²) in [5.74, 6) is -0.228. The van der Waals surface area contributed by atoms with Gasteiger partial charge in [0, 0.05) is 11.1 Å². The van der Waals surface area contributed by atoms with E-state index in [0.717, 1.165) is 15.8 Å². The molecular formula is C16H11ClN2OS. The summed E-state index contributed by atoms with van der Waals surface area (Å²) in [5, 5.41) is 3.96. The number of halogens is 1. The highest BCUT2D eigenvalue weighted by atomic mass is 35.5. The van der Waals surface area contributed by atoms with Crippen molar-refractivity contribution in [2.45, 2.75) is 0 Å². The molecule has 1 amide bonds. The molecule has 5 heteroatoms. The molecule has 0 aliphatic rings. The van der Waals surface area contributed by atoms with Crippen LogP contribution in [0.2, 0.25) is 5.02 Å². The molecule has 0 spiro atoms. The highest BCUT2D eigenvalue weighted by Gasteiger charge is 2.05. The Morgan fingerprint density at radius 2 is 1.90 bits per heavy atom. The van der Waals surface area contributed by atoms with Gasteiger partial charge in [0.1, 0.15) is 0 Å². The first-order valence-electron chi connectivity index (χ1n) is 6.31. The minimum atomic E-state index is -0.228. The first-order valence-corrected chi connectivity index (χ1v) is 7.51. The van der Waals surface area contributed by atoms with Crippen molar-refractivity contribution in [3.05, 3.63) is 65.2 Å². The molecule has 0 saturated carbocycles. The van der Waals surface area contributed by atoms with Crippen molar-refractivity contribution in [3.8, 4) is 0 Å². The highest BCUT2D eigenvalue weighted by Crippen LogP contribution is 2.25. The van der Waals surface area contributed by atoms with Crippen LogP contribution in [0, 0.1) is 0 Å². The van der Waals surface area contributed by atoms with Crippen molar-refractivity contribution < 1.29 is 4.79 Å². The summed E-state index contributed by atoms with van der Waals surface area (Å²) in [6, 6.07) is 15.1. The van der Waals surface area contributed by atoms with Gasteiger partial charge in [-0.25, -0.2) is 4.98 Å². The maximum atomic E-state index is 11.9. The average molecular weight is 315 g/mol. The average Bonchev–Trinajstić information content (AvgIpc) is 2.88. The molecule has 3 aromatic rings. The van der Waals surface area contributed by atoms with Crippen LogP contribution < -0.4 is 5.32 Å². The molecule has 3 nitrogen and oxygen atoms in total. The Bertz CT molecular complexity index is 793. The Labute approximate surface area is 130 Å². The van der Waals surface area contributed by atoms with Gasteiger partial charge < -0.3 is 0 Å². The molecular weight excluding hydrogens is 304 g/mol. The lowest BCUT2D eigenvalue weighted by molar-refractivity contribution is -0.111. The van der Waals surface area contributed by atoms with Gasteiger partial charge in [-0.15, -0.1) is 0 Å². The quantitative estimate of drug-likeness (QED) is 0.718. The number of thiazole rings is 1. The van der Waals surface area contributed by atoms with Crippen LogP contribution in [0.1, 0.15) is 5.56 Å². The first-order chi connectivity index (χ1) is 10.2. The molecule has 0 aliphatic carbocycles. The van der Waals surface area contributed by atoms with Gasteiger partial charge in [0.05, 0.1) is 10.2 Å². The molecule has 0 unspecified atom stereocenters. The third-order valence-electron chi connectivity index (χ3n) is 2.84. The fourth-order valence-corrected chi connectivity index (χ4v) is 2.92. The van der Waals surface area contributed by atoms with E-state index in [2.05, 4.69) is 10.3 Å². The van der Waals surface area contributed by atoms with Gasteiger partial charge in [0.15, 0.2) is 5.13 Å². The number of hydrogen-bond donors (Lipinski definition) is 1. The van der Waals surface area contributed by atoms with E-state index in [-0.39, 0.29) is 5.91 Å². The second-order valence-corrected chi connectivity index (χ2v) is 5.77. The minimum Gasteiger partial charge on any atom is -0.298 e. The zero-order valence-corrected chi connectivity index (χ0v) is 12.5. The van der Waals surface area contributed by atoms with Crippen LogP contribution in [0.25, 0.3) is 16.3 Å². The molecule has 0 aliphatic heterocycles. The molecule has 3 rings (SSSR count). The van der Waals surface area contributed by atoms with Crippen LogP contribution in [0.3, 0.4) is 0 Å². The first kappa shape index (κ1) is 13.8. The van der Waals surface area contributed by atoms with Crippen molar-refractivity contribution in [1.82, 2.24) is 4.98 Å². The van der Waals surface area contributed by atoms with Gasteiger partial charge in [-0.3, -0.25) is 10.1 Å². The normalized spacial score (nSPS) is 11.1. The van der Waals surface area contributed by atoms with Crippen molar-refractivity contribution >= 4 is 50.3 Å². The Morgan fingerprint density at radius 3 is 2.71 bits per heavy atom. The van der Waals surface area contributed by atoms with E-state index >= 15 is 0 Å². The molecule has 0 atom stereocenters. The number of amides is 1. The summed E-state index contributed by atoms with van der Waals surface area (Å²) >= 11 is 7.48. The maximum absolute atomic E-state index is 11.9. The third-order valence-corrected chi connectivity index (χ3v) is 4.14. The number of carbonyl (C=O) groups is 1. The topological polar surface area (TPSA) is 42.0 Å². The number of carbonyl (C=O) groups excluding carboxylic acids is 1. The third kappa shape index (κ3) is 3.29. The lowest BCUT2D eigenvalue weighted by Gasteiger charge is -1.97. The number of rotatable bonds is 3. The van der Waals surface area contributed by atoms with Crippen LogP contribution in [0.4, 0.5) is 5.13 Å². The lowest BCUT2D eigenvalue weighted by atomic mass is 10.2. The number of hydrogen-bond acceptors (Lipinski definition) is 3. The molecule has 104 valence electrons. The second-order valence-electron chi connectivity index (χ2n) is 4.33. The van der Waals surface area contributed by atoms with E-state index in [4.69, 9.17) is 11.6 Å². The molecule has 1 aromatic heterocycles. The Kier molecular flexibility index (Phi) is 3.99. The predicted molar refractivity (Wildman–Crippen MR) is 88.7 cm³/mol. The molecule has 2 aromatic carbocycles. The van der Waals surface area contributed by atoms with Crippen LogP contribution in [-0.4, -0.2) is 10.9 Å². The summed E-state index contributed by atoms with van der Waals surface area (Å²) in [6.07, 6.45) is 3.14. The van der Waals surface area contributed by atoms with Crippen molar-refractivity contribution in [1.29, 1.82) is 0 Å². The second kappa shape index (κ2) is 6.08. The van der Waals surface area contributed by atoms with Crippen molar-refractivity contribution in [2.75, 3.05) is 5.32 Å². The summed E-state index contributed by atoms with van der Waals surface area (Å²) in [6.45, 7) is 0. The summed E-state index contributed by atoms with van der Waals surface area (Å²) < 4.78 is 1.04. The number of nitrogens with zero attached hydrogens (tertiary/aromatic N) is 1. The van der Waals surface area contributed by atoms with E-state index in [1.165, 1.54) is 17.4 Å². The van der Waals surface area contributed by atoms with Crippen molar-refractivity contribution in [2.24, 2.45) is 0 Å². The number of para-hydroxylation sites is 1. The van der Waals surface area contributed by atoms with Gasteiger partial charge in [0.25, 0.3) is 0 Å². The fourth-order valence-electron chi connectivity index (χ4n) is 1.85. The predicted octanol–water partition coefficient (Wildman–Crippen LogP) is 4.60. The van der Waals surface area contributed by atoms with Crippen molar-refractivity contribution in [3.63, 3.8) is 0 Å². The molecule has 0 saturated heterocycles. The Morgan fingerprint density at radius 1 is 1.14 bits per heavy atom. The van der Waals surface area contributed by atoms with Gasteiger partial charge in [0.2, 0.25) is 5.91 Å². The molecule has 1 N–H and O–H groups in total. The summed E-state index contributed by atoms with van der Waals surface area (Å²) in [7, 11) is 0. The highest BCUT2D eigenvalue weighted by molar-refractivity contribution is 7.22. The zero-order chi connectivity index (χ0) is 14.7. The number of aromatic nitrogens is 1. The van der Waals surface area contributed by atoms with Crippen LogP contribution in [0.15, 0.2) is 54.6 Å². The largest absolute Gasteiger partial charge is 0.298 e. The summed E-state index contributed by atoms with van der Waals surface area (Å²) in [4.78, 5) is 16.3. The van der Waals surface area contributed by atoms with Crippen LogP contribution in [0.5, 0.6) is 0 Å². The van der Waals surface area contributed by atoms with Gasteiger partial charge in [-0.2, -0.15) is 0 Å². The van der Waals surface area contributed by atoms with E-state index < -0.39 is 0 Å². The number of benzene rings is 2. The van der Waals surface area contributed by atoms with Gasteiger partial charge >= 0.3 is 0 Å². The zero-order valence-electron chi connectivity index (χ0n) is 10.9. The molecule has 0 bridgehead atoms. The van der Waals surface area contributed by atoms with E-state index in [9.17, 15) is 4.79 Å². The number of nitrogens with one attached hydrogen (secondary N) is 1. The molecule has 1 heterocycles. The Balaban J connectivity index is 1.73.